The highest BCUT2D eigenvalue weighted by atomic mass is 79.9. The van der Waals surface area contributed by atoms with Crippen LogP contribution in [0.1, 0.15) is 17.2 Å². The van der Waals surface area contributed by atoms with Gasteiger partial charge in [0.1, 0.15) is 6.10 Å². The molecule has 4 N–H and O–H groups in total. The van der Waals surface area contributed by atoms with Crippen LogP contribution in [-0.2, 0) is 6.42 Å². The number of aliphatic hydroxyl groups excluding tert-OH is 2. The number of aliphatic hydroxyl groups is 2. The normalized spacial score (nSPS) is 14.9. The summed E-state index contributed by atoms with van der Waals surface area (Å²) in [4.78, 5) is 0. The van der Waals surface area contributed by atoms with E-state index in [-0.39, 0.29) is 0 Å². The van der Waals surface area contributed by atoms with Gasteiger partial charge in [0.05, 0.1) is 6.10 Å². The summed E-state index contributed by atoms with van der Waals surface area (Å²) < 4.78 is 0. The van der Waals surface area contributed by atoms with Crippen LogP contribution >= 0.6 is 15.9 Å². The molecule has 0 saturated carbocycles. The van der Waals surface area contributed by atoms with Crippen molar-refractivity contribution < 1.29 is 10.2 Å². The lowest BCUT2D eigenvalue weighted by Gasteiger charge is -2.19. The SMILES string of the molecule is NCCc1ccccc1C(O)C(O)CBr. The predicted octanol–water partition coefficient (Wildman–Crippen LogP) is 0.977. The summed E-state index contributed by atoms with van der Waals surface area (Å²) in [7, 11) is 0. The first-order chi connectivity index (χ1) is 7.20. The number of hydrogen-bond donors (Lipinski definition) is 3. The summed E-state index contributed by atoms with van der Waals surface area (Å²) in [6, 6.07) is 7.50. The van der Waals surface area contributed by atoms with Gasteiger partial charge in [-0.1, -0.05) is 40.2 Å². The summed E-state index contributed by atoms with van der Waals surface area (Å²) in [5, 5.41) is 19.8. The maximum atomic E-state index is 9.88. The molecule has 0 aliphatic carbocycles. The number of halogens is 1. The molecule has 0 radical (unpaired) electrons. The van der Waals surface area contributed by atoms with Gasteiger partial charge < -0.3 is 15.9 Å². The molecule has 15 heavy (non-hydrogen) atoms. The number of benzene rings is 1. The molecule has 0 aliphatic heterocycles. The highest BCUT2D eigenvalue weighted by Gasteiger charge is 2.19. The van der Waals surface area contributed by atoms with Gasteiger partial charge >= 0.3 is 0 Å². The van der Waals surface area contributed by atoms with E-state index in [1.165, 1.54) is 0 Å². The minimum absolute atomic E-state index is 0.352. The Bertz CT molecular complexity index is 306. The Morgan fingerprint density at radius 2 is 1.93 bits per heavy atom. The first-order valence-electron chi connectivity index (χ1n) is 4.90. The molecule has 1 aromatic carbocycles. The first-order valence-corrected chi connectivity index (χ1v) is 6.02. The van der Waals surface area contributed by atoms with Crippen molar-refractivity contribution in [3.8, 4) is 0 Å². The molecule has 0 heterocycles. The fourth-order valence-corrected chi connectivity index (χ4v) is 1.85. The third kappa shape index (κ3) is 3.28. The van der Waals surface area contributed by atoms with Crippen molar-refractivity contribution in [1.82, 2.24) is 0 Å². The van der Waals surface area contributed by atoms with Crippen molar-refractivity contribution in [1.29, 1.82) is 0 Å². The van der Waals surface area contributed by atoms with Crippen LogP contribution in [0.2, 0.25) is 0 Å². The highest BCUT2D eigenvalue weighted by molar-refractivity contribution is 9.09. The lowest BCUT2D eigenvalue weighted by Crippen LogP contribution is -2.21. The van der Waals surface area contributed by atoms with Crippen LogP contribution in [0.15, 0.2) is 24.3 Å². The Hall–Kier alpha value is -0.420. The molecule has 0 aliphatic rings. The smallest absolute Gasteiger partial charge is 0.106 e. The molecule has 2 unspecified atom stereocenters. The summed E-state index contributed by atoms with van der Waals surface area (Å²) in [5.74, 6) is 0. The maximum Gasteiger partial charge on any atom is 0.106 e. The van der Waals surface area contributed by atoms with E-state index < -0.39 is 12.2 Å². The van der Waals surface area contributed by atoms with Crippen LogP contribution in [0.4, 0.5) is 0 Å². The topological polar surface area (TPSA) is 66.5 Å². The predicted molar refractivity (Wildman–Crippen MR) is 64.0 cm³/mol. The molecule has 0 aromatic heterocycles. The van der Waals surface area contributed by atoms with Crippen molar-refractivity contribution in [3.63, 3.8) is 0 Å². The molecule has 4 heteroatoms. The lowest BCUT2D eigenvalue weighted by molar-refractivity contribution is 0.0337. The molecular weight excluding hydrogens is 258 g/mol. The molecule has 0 spiro atoms. The molecule has 84 valence electrons. The molecule has 1 rings (SSSR count). The van der Waals surface area contributed by atoms with E-state index in [2.05, 4.69) is 15.9 Å². The van der Waals surface area contributed by atoms with Gasteiger partial charge in [0, 0.05) is 5.33 Å². The van der Waals surface area contributed by atoms with Gasteiger partial charge in [-0.25, -0.2) is 0 Å². The molecule has 0 bridgehead atoms. The van der Waals surface area contributed by atoms with E-state index in [1.807, 2.05) is 24.3 Å². The van der Waals surface area contributed by atoms with Crippen LogP contribution in [0.25, 0.3) is 0 Å². The third-order valence-corrected chi connectivity index (χ3v) is 2.97. The van der Waals surface area contributed by atoms with Crippen molar-refractivity contribution in [2.24, 2.45) is 5.73 Å². The molecule has 0 saturated heterocycles. The van der Waals surface area contributed by atoms with Crippen LogP contribution in [0, 0.1) is 0 Å². The fourth-order valence-electron chi connectivity index (χ4n) is 1.50. The Balaban J connectivity index is 2.91. The van der Waals surface area contributed by atoms with Crippen LogP contribution in [0.5, 0.6) is 0 Å². The standard InChI is InChI=1S/C11H16BrNO2/c12-7-10(14)11(15)9-4-2-1-3-8(9)5-6-13/h1-4,10-11,14-15H,5-7,13H2. The van der Waals surface area contributed by atoms with E-state index >= 15 is 0 Å². The van der Waals surface area contributed by atoms with Crippen molar-refractivity contribution >= 4 is 15.9 Å². The van der Waals surface area contributed by atoms with E-state index in [0.29, 0.717) is 18.3 Å². The van der Waals surface area contributed by atoms with Crippen molar-refractivity contribution in [2.45, 2.75) is 18.6 Å². The fraction of sp³-hybridized carbons (Fsp3) is 0.455. The van der Waals surface area contributed by atoms with E-state index in [0.717, 1.165) is 11.1 Å². The third-order valence-electron chi connectivity index (χ3n) is 2.31. The summed E-state index contributed by atoms with van der Waals surface area (Å²) in [6.07, 6.45) is -0.932. The maximum absolute atomic E-state index is 9.88. The average molecular weight is 274 g/mol. The molecule has 3 nitrogen and oxygen atoms in total. The molecule has 2 atom stereocenters. The zero-order valence-corrected chi connectivity index (χ0v) is 10.0. The summed E-state index contributed by atoms with van der Waals surface area (Å²) in [5.41, 5.74) is 7.24. The van der Waals surface area contributed by atoms with Crippen molar-refractivity contribution in [2.75, 3.05) is 11.9 Å². The second kappa shape index (κ2) is 6.23. The van der Waals surface area contributed by atoms with Gasteiger partial charge in [0.15, 0.2) is 0 Å². The average Bonchev–Trinajstić information content (AvgIpc) is 2.28. The summed E-state index contributed by atoms with van der Waals surface area (Å²) >= 11 is 3.14. The van der Waals surface area contributed by atoms with E-state index in [1.54, 1.807) is 0 Å². The molecule has 0 amide bonds. The van der Waals surface area contributed by atoms with Gasteiger partial charge in [0.2, 0.25) is 0 Å². The number of rotatable bonds is 5. The Labute approximate surface area is 98.1 Å². The number of hydrogen-bond acceptors (Lipinski definition) is 3. The molecule has 0 fully saturated rings. The largest absolute Gasteiger partial charge is 0.389 e. The van der Waals surface area contributed by atoms with Gasteiger partial charge in [0.25, 0.3) is 0 Å². The Morgan fingerprint density at radius 3 is 2.53 bits per heavy atom. The van der Waals surface area contributed by atoms with Crippen molar-refractivity contribution in [3.05, 3.63) is 35.4 Å². The van der Waals surface area contributed by atoms with Gasteiger partial charge in [-0.3, -0.25) is 0 Å². The zero-order chi connectivity index (χ0) is 11.3. The lowest BCUT2D eigenvalue weighted by atomic mass is 9.97. The van der Waals surface area contributed by atoms with Gasteiger partial charge in [-0.05, 0) is 24.1 Å². The van der Waals surface area contributed by atoms with Crippen LogP contribution < -0.4 is 5.73 Å². The minimum atomic E-state index is -0.855. The first kappa shape index (κ1) is 12.6. The molecular formula is C11H16BrNO2. The second-order valence-corrected chi connectivity index (χ2v) is 4.05. The van der Waals surface area contributed by atoms with Gasteiger partial charge in [-0.2, -0.15) is 0 Å². The Kier molecular flexibility index (Phi) is 5.25. The summed E-state index contributed by atoms with van der Waals surface area (Å²) in [6.45, 7) is 0.536. The number of alkyl halides is 1. The number of nitrogens with two attached hydrogens (primary N) is 1. The quantitative estimate of drug-likeness (QED) is 0.701. The van der Waals surface area contributed by atoms with E-state index in [4.69, 9.17) is 5.73 Å². The minimum Gasteiger partial charge on any atom is -0.389 e. The second-order valence-electron chi connectivity index (χ2n) is 3.40. The van der Waals surface area contributed by atoms with E-state index in [9.17, 15) is 10.2 Å². The highest BCUT2D eigenvalue weighted by Crippen LogP contribution is 2.22. The molecule has 1 aromatic rings. The Morgan fingerprint density at radius 1 is 1.27 bits per heavy atom. The van der Waals surface area contributed by atoms with Gasteiger partial charge in [-0.15, -0.1) is 0 Å². The zero-order valence-electron chi connectivity index (χ0n) is 8.44. The van der Waals surface area contributed by atoms with Crippen LogP contribution in [0.3, 0.4) is 0 Å². The monoisotopic (exact) mass is 273 g/mol. The van der Waals surface area contributed by atoms with Crippen LogP contribution in [-0.4, -0.2) is 28.2 Å².